The number of azo groups is 3. The van der Waals surface area contributed by atoms with Crippen LogP contribution < -0.4 is 15.8 Å². The van der Waals surface area contributed by atoms with Crippen molar-refractivity contribution in [2.75, 3.05) is 18.2 Å². The second kappa shape index (κ2) is 18.8. The number of rotatable bonds is 15. The predicted molar refractivity (Wildman–Crippen MR) is 209 cm³/mol. The van der Waals surface area contributed by atoms with Crippen LogP contribution >= 0.6 is 24.1 Å². The minimum atomic E-state index is -0.348. The van der Waals surface area contributed by atoms with Crippen molar-refractivity contribution < 1.29 is 43.9 Å². The largest absolute Gasteiger partial charge is 0.505 e. The van der Waals surface area contributed by atoms with Gasteiger partial charge in [-0.15, -0.1) is 18.9 Å². The van der Waals surface area contributed by atoms with Gasteiger partial charge in [0, 0.05) is 33.3 Å². The second-order valence-electron chi connectivity index (χ2n) is 11.5. The van der Waals surface area contributed by atoms with E-state index in [4.69, 9.17) is 21.0 Å². The van der Waals surface area contributed by atoms with Crippen molar-refractivity contribution in [3.05, 3.63) is 120 Å². The van der Waals surface area contributed by atoms with Gasteiger partial charge in [-0.2, -0.15) is 20.5 Å². The Morgan fingerprint density at radius 2 is 1.30 bits per heavy atom. The summed E-state index contributed by atoms with van der Waals surface area (Å²) >= 11 is 1.43. The van der Waals surface area contributed by atoms with Crippen molar-refractivity contribution in [3.63, 3.8) is 0 Å². The maximum atomic E-state index is 12.8. The Bertz CT molecular complexity index is 2420. The Balaban J connectivity index is 1.18. The third kappa shape index (κ3) is 10.1. The first-order valence-corrected chi connectivity index (χ1v) is 17.6. The van der Waals surface area contributed by atoms with Crippen LogP contribution in [0.15, 0.2) is 150 Å². The fraction of sp³-hybridized carbons (Fsp3) is 0.0541. The number of benzene rings is 6. The average Bonchev–Trinajstić information content (AvgIpc) is 3.21. The molecule has 0 aliphatic rings. The molecule has 17 nitrogen and oxygen atoms in total. The third-order valence-corrected chi connectivity index (χ3v) is 9.01. The predicted octanol–water partition coefficient (Wildman–Crippen LogP) is 11.8. The molecular weight excluding hydrogens is 765 g/mol. The Morgan fingerprint density at radius 1 is 0.696 bits per heavy atom. The van der Waals surface area contributed by atoms with E-state index in [0.29, 0.717) is 84.4 Å². The number of methoxy groups -OCH3 is 1. The number of amides is 1. The Labute approximate surface area is 326 Å². The third-order valence-electron chi connectivity index (χ3n) is 7.79. The number of fused-ring (bicyclic) bond motifs is 1. The van der Waals surface area contributed by atoms with Gasteiger partial charge in [0.05, 0.1) is 58.8 Å². The molecular formula is C37H30N8O9S2. The van der Waals surface area contributed by atoms with E-state index in [2.05, 4.69) is 54.7 Å². The molecule has 0 spiro atoms. The number of nitrogens with zero attached hydrogens (tertiary/aromatic N) is 6. The molecule has 0 aromatic heterocycles. The van der Waals surface area contributed by atoms with E-state index in [-0.39, 0.29) is 22.2 Å². The van der Waals surface area contributed by atoms with E-state index < -0.39 is 0 Å². The lowest BCUT2D eigenvalue weighted by molar-refractivity contribution is -0.432. The monoisotopic (exact) mass is 794 g/mol. The normalized spacial score (nSPS) is 11.6. The van der Waals surface area contributed by atoms with Gasteiger partial charge in [-0.3, -0.25) is 4.79 Å². The Kier molecular flexibility index (Phi) is 13.3. The van der Waals surface area contributed by atoms with Gasteiger partial charge >= 0.3 is 0 Å². The molecule has 0 unspecified atom stereocenters. The highest BCUT2D eigenvalue weighted by molar-refractivity contribution is 7.94. The molecule has 0 bridgehead atoms. The molecule has 6 aromatic rings. The SMILES string of the molecule is COc1cc(N=Nc2ccc(N=Nc3ccc(SOOO)cc3)cc2)c(C)cc1N=Nc1c(SOOO)cc2cc(NC(=O)c3ccc(N)cc3)ccc2c1O. The van der Waals surface area contributed by atoms with Gasteiger partial charge in [0.15, 0.2) is 5.75 Å². The molecule has 0 radical (unpaired) electrons. The number of anilines is 2. The number of phenols is 1. The summed E-state index contributed by atoms with van der Waals surface area (Å²) in [5.41, 5.74) is 10.5. The maximum Gasteiger partial charge on any atom is 0.255 e. The fourth-order valence-electron chi connectivity index (χ4n) is 5.03. The number of aromatic hydroxyl groups is 1. The topological polar surface area (TPSA) is 236 Å². The summed E-state index contributed by atoms with van der Waals surface area (Å²) < 4.78 is 14.7. The zero-order valence-corrected chi connectivity index (χ0v) is 30.9. The van der Waals surface area contributed by atoms with Crippen LogP contribution in [0, 0.1) is 6.92 Å². The van der Waals surface area contributed by atoms with E-state index in [1.807, 2.05) is 6.92 Å². The Hall–Kier alpha value is -6.29. The summed E-state index contributed by atoms with van der Waals surface area (Å²) in [4.78, 5) is 13.7. The first kappa shape index (κ1) is 39.4. The van der Waals surface area contributed by atoms with Crippen LogP contribution in [0.5, 0.6) is 11.5 Å². The minimum Gasteiger partial charge on any atom is -0.505 e. The highest BCUT2D eigenvalue weighted by Gasteiger charge is 2.17. The van der Waals surface area contributed by atoms with E-state index in [1.165, 1.54) is 7.11 Å². The molecule has 0 fully saturated rings. The number of nitrogen functional groups attached to an aromatic ring is 1. The van der Waals surface area contributed by atoms with Gasteiger partial charge in [-0.1, -0.05) is 10.1 Å². The summed E-state index contributed by atoms with van der Waals surface area (Å²) in [7, 11) is 1.47. The lowest BCUT2D eigenvalue weighted by Gasteiger charge is -2.12. The molecule has 6 aromatic carbocycles. The molecule has 56 heavy (non-hydrogen) atoms. The van der Waals surface area contributed by atoms with Crippen molar-refractivity contribution in [2.24, 2.45) is 30.7 Å². The number of nitrogens with one attached hydrogen (secondary N) is 1. The van der Waals surface area contributed by atoms with Gasteiger partial charge in [-0.25, -0.2) is 10.5 Å². The van der Waals surface area contributed by atoms with Crippen LogP contribution in [-0.2, 0) is 18.7 Å². The number of hydrogen-bond donors (Lipinski definition) is 5. The van der Waals surface area contributed by atoms with Crippen molar-refractivity contribution >= 4 is 86.3 Å². The lowest BCUT2D eigenvalue weighted by atomic mass is 10.1. The molecule has 0 saturated carbocycles. The summed E-state index contributed by atoms with van der Waals surface area (Å²) in [5.74, 6) is -0.259. The molecule has 0 heterocycles. The second-order valence-corrected chi connectivity index (χ2v) is 13.0. The molecule has 0 aliphatic heterocycles. The summed E-state index contributed by atoms with van der Waals surface area (Å²) in [6, 6.07) is 30.3. The fourth-order valence-corrected chi connectivity index (χ4v) is 5.88. The first-order valence-electron chi connectivity index (χ1n) is 16.1. The average molecular weight is 795 g/mol. The van der Waals surface area contributed by atoms with Gasteiger partial charge in [0.2, 0.25) is 0 Å². The molecule has 284 valence electrons. The van der Waals surface area contributed by atoms with Crippen molar-refractivity contribution in [3.8, 4) is 11.5 Å². The zero-order valence-electron chi connectivity index (χ0n) is 29.3. The van der Waals surface area contributed by atoms with Crippen molar-refractivity contribution in [1.29, 1.82) is 0 Å². The van der Waals surface area contributed by atoms with Crippen LogP contribution in [0.4, 0.5) is 45.5 Å². The molecule has 0 atom stereocenters. The van der Waals surface area contributed by atoms with Gasteiger partial charge in [0.25, 0.3) is 5.91 Å². The van der Waals surface area contributed by atoms with Crippen LogP contribution in [-0.4, -0.2) is 28.6 Å². The number of carbonyl (C=O) groups is 1. The van der Waals surface area contributed by atoms with Crippen LogP contribution in [0.25, 0.3) is 10.8 Å². The van der Waals surface area contributed by atoms with Crippen LogP contribution in [0.1, 0.15) is 15.9 Å². The molecule has 19 heteroatoms. The summed E-state index contributed by atoms with van der Waals surface area (Å²) in [5, 5.41) is 65.4. The number of carbonyl (C=O) groups excluding carboxylic acids is 1. The smallest absolute Gasteiger partial charge is 0.255 e. The van der Waals surface area contributed by atoms with Gasteiger partial charge < -0.3 is 20.9 Å². The quantitative estimate of drug-likeness (QED) is 0.0214. The lowest BCUT2D eigenvalue weighted by Crippen LogP contribution is -2.11. The number of nitrogens with two attached hydrogens (primary N) is 1. The number of aryl methyl sites for hydroxylation is 1. The molecule has 0 aliphatic carbocycles. The Morgan fingerprint density at radius 3 is 1.95 bits per heavy atom. The van der Waals surface area contributed by atoms with Crippen molar-refractivity contribution in [1.82, 2.24) is 0 Å². The number of phenolic OH excluding ortho intramolecular Hbond substituents is 1. The van der Waals surface area contributed by atoms with Crippen LogP contribution in [0.3, 0.4) is 0 Å². The van der Waals surface area contributed by atoms with Crippen LogP contribution in [0.2, 0.25) is 0 Å². The highest BCUT2D eigenvalue weighted by Crippen LogP contribution is 2.45. The van der Waals surface area contributed by atoms with Crippen molar-refractivity contribution in [2.45, 2.75) is 16.7 Å². The van der Waals surface area contributed by atoms with E-state index in [1.54, 1.807) is 109 Å². The van der Waals surface area contributed by atoms with Gasteiger partial charge in [-0.05, 0) is 121 Å². The molecule has 6 rings (SSSR count). The molecule has 0 saturated heterocycles. The zero-order chi connectivity index (χ0) is 39.4. The summed E-state index contributed by atoms with van der Waals surface area (Å²) in [6.45, 7) is 1.82. The number of ether oxygens (including phenoxy) is 1. The maximum absolute atomic E-state index is 12.8. The standard InChI is InChI=1S/C37H30N8O9S2/c1-21-17-32(33(50-2)20-31(21)43-42-26-9-7-25(8-10-26)40-41-27-11-14-29(15-12-27)55-53-51-48)44-45-35-34(56-54-52-49)19-23-18-28(13-16-30(23)36(35)46)39-37(47)22-3-5-24(38)6-4-22/h3-20,46,48-49H,38H2,1-2H3,(H,39,47). The first-order chi connectivity index (χ1) is 27.2. The number of hydrogen-bond acceptors (Lipinski definition) is 18. The van der Waals surface area contributed by atoms with E-state index in [0.717, 1.165) is 12.0 Å². The van der Waals surface area contributed by atoms with E-state index >= 15 is 0 Å². The van der Waals surface area contributed by atoms with Gasteiger partial charge in [0.1, 0.15) is 17.1 Å². The summed E-state index contributed by atoms with van der Waals surface area (Å²) in [6.07, 6.45) is 0. The minimum absolute atomic E-state index is 0.0153. The molecule has 6 N–H and O–H groups in total. The molecule has 1 amide bonds. The highest BCUT2D eigenvalue weighted by atomic mass is 32.2. The van der Waals surface area contributed by atoms with E-state index in [9.17, 15) is 9.90 Å².